The number of carbonyl (C=O) groups excluding carboxylic acids is 3. The first-order chi connectivity index (χ1) is 13.7. The fourth-order valence-corrected chi connectivity index (χ4v) is 7.22. The van der Waals surface area contributed by atoms with Crippen molar-refractivity contribution in [2.75, 3.05) is 18.1 Å². The van der Waals surface area contributed by atoms with Crippen LogP contribution in [0.5, 0.6) is 0 Å². The van der Waals surface area contributed by atoms with Gasteiger partial charge in [0.05, 0.1) is 11.5 Å². The number of rotatable bonds is 4. The number of nitrogens with one attached hydrogen (secondary N) is 1. The highest BCUT2D eigenvalue weighted by atomic mass is 32.2. The predicted molar refractivity (Wildman–Crippen MR) is 107 cm³/mol. The van der Waals surface area contributed by atoms with Gasteiger partial charge >= 0.3 is 6.03 Å². The molecule has 0 radical (unpaired) electrons. The summed E-state index contributed by atoms with van der Waals surface area (Å²) in [5, 5.41) is 2.86. The second kappa shape index (κ2) is 7.56. The van der Waals surface area contributed by atoms with Crippen LogP contribution in [0.25, 0.3) is 0 Å². The van der Waals surface area contributed by atoms with E-state index in [2.05, 4.69) is 12.2 Å². The van der Waals surface area contributed by atoms with Crippen LogP contribution in [0, 0.1) is 5.92 Å². The number of nitrogens with zero attached hydrogens (tertiary/aromatic N) is 2. The van der Waals surface area contributed by atoms with Crippen molar-refractivity contribution in [3.63, 3.8) is 0 Å². The largest absolute Gasteiger partial charge is 0.334 e. The molecular weight excluding hydrogens is 394 g/mol. The third kappa shape index (κ3) is 3.90. The molecule has 2 saturated heterocycles. The molecule has 9 heteroatoms. The third-order valence-electron chi connectivity index (χ3n) is 7.27. The molecule has 29 heavy (non-hydrogen) atoms. The molecule has 162 valence electrons. The van der Waals surface area contributed by atoms with Gasteiger partial charge in [0.2, 0.25) is 5.91 Å². The van der Waals surface area contributed by atoms with E-state index in [4.69, 9.17) is 0 Å². The maximum Gasteiger partial charge on any atom is 0.325 e. The molecule has 2 aliphatic carbocycles. The molecule has 0 unspecified atom stereocenters. The van der Waals surface area contributed by atoms with Gasteiger partial charge in [-0.25, -0.2) is 13.2 Å². The van der Waals surface area contributed by atoms with Crippen molar-refractivity contribution in [3.8, 4) is 0 Å². The molecule has 0 aromatic carbocycles. The summed E-state index contributed by atoms with van der Waals surface area (Å²) in [6, 6.07) is -0.838. The molecule has 1 atom stereocenters. The molecule has 1 N–H and O–H groups in total. The lowest BCUT2D eigenvalue weighted by molar-refractivity contribution is -0.142. The van der Waals surface area contributed by atoms with Crippen molar-refractivity contribution >= 4 is 27.7 Å². The highest BCUT2D eigenvalue weighted by Gasteiger charge is 2.53. The SMILES string of the molecule is CC1CCC2(CC1)NC(=O)N(CC(=O)N(C1CCCC1)[C@@H]1CCS(=O)(=O)C1)C2=O. The molecule has 4 rings (SSSR count). The summed E-state index contributed by atoms with van der Waals surface area (Å²) >= 11 is 0. The summed E-state index contributed by atoms with van der Waals surface area (Å²) in [6.45, 7) is 1.85. The van der Waals surface area contributed by atoms with Gasteiger partial charge in [0.1, 0.15) is 12.1 Å². The smallest absolute Gasteiger partial charge is 0.325 e. The minimum Gasteiger partial charge on any atom is -0.334 e. The van der Waals surface area contributed by atoms with E-state index in [9.17, 15) is 22.8 Å². The van der Waals surface area contributed by atoms with Gasteiger partial charge in [-0.1, -0.05) is 19.8 Å². The number of sulfone groups is 1. The zero-order valence-electron chi connectivity index (χ0n) is 17.1. The monoisotopic (exact) mass is 425 g/mol. The van der Waals surface area contributed by atoms with Crippen LogP contribution in [0.2, 0.25) is 0 Å². The maximum atomic E-state index is 13.3. The maximum absolute atomic E-state index is 13.3. The van der Waals surface area contributed by atoms with Crippen molar-refractivity contribution in [1.82, 2.24) is 15.1 Å². The Balaban J connectivity index is 1.50. The van der Waals surface area contributed by atoms with Gasteiger partial charge in [-0.3, -0.25) is 14.5 Å². The summed E-state index contributed by atoms with van der Waals surface area (Å²) < 4.78 is 24.0. The van der Waals surface area contributed by atoms with E-state index in [0.29, 0.717) is 25.2 Å². The van der Waals surface area contributed by atoms with E-state index in [0.717, 1.165) is 43.4 Å². The minimum atomic E-state index is -3.13. The molecule has 8 nitrogen and oxygen atoms in total. The Bertz CT molecular complexity index is 797. The summed E-state index contributed by atoms with van der Waals surface area (Å²) in [6.07, 6.45) is 7.13. The zero-order valence-corrected chi connectivity index (χ0v) is 17.9. The number of hydrogen-bond donors (Lipinski definition) is 1. The number of imide groups is 1. The van der Waals surface area contributed by atoms with E-state index in [1.807, 2.05) is 0 Å². The van der Waals surface area contributed by atoms with Crippen LogP contribution in [-0.2, 0) is 19.4 Å². The lowest BCUT2D eigenvalue weighted by atomic mass is 9.77. The Kier molecular flexibility index (Phi) is 5.38. The topological polar surface area (TPSA) is 104 Å². The van der Waals surface area contributed by atoms with Gasteiger partial charge in [-0.2, -0.15) is 0 Å². The van der Waals surface area contributed by atoms with Gasteiger partial charge in [0.25, 0.3) is 5.91 Å². The molecule has 4 fully saturated rings. The van der Waals surface area contributed by atoms with Crippen LogP contribution in [0.15, 0.2) is 0 Å². The number of hydrogen-bond acceptors (Lipinski definition) is 5. The van der Waals surface area contributed by atoms with Crippen LogP contribution in [0.4, 0.5) is 4.79 Å². The molecule has 4 aliphatic rings. The molecule has 0 aromatic rings. The summed E-state index contributed by atoms with van der Waals surface area (Å²) in [4.78, 5) is 41.7. The van der Waals surface area contributed by atoms with Crippen molar-refractivity contribution in [3.05, 3.63) is 0 Å². The molecule has 4 amide bonds. The van der Waals surface area contributed by atoms with E-state index >= 15 is 0 Å². The standard InChI is InChI=1S/C20H31N3O5S/c1-14-6-9-20(10-7-14)18(25)22(19(26)21-20)12-17(24)23(15-4-2-3-5-15)16-8-11-29(27,28)13-16/h14-16H,2-13H2,1H3,(H,21,26)/t14?,16-,20?/m1/s1. The first-order valence-electron chi connectivity index (χ1n) is 10.9. The molecule has 0 bridgehead atoms. The fourth-order valence-electron chi connectivity index (χ4n) is 5.51. The van der Waals surface area contributed by atoms with Crippen molar-refractivity contribution in [2.45, 2.75) is 82.3 Å². The van der Waals surface area contributed by atoms with Crippen molar-refractivity contribution in [2.24, 2.45) is 5.92 Å². The highest BCUT2D eigenvalue weighted by Crippen LogP contribution is 2.36. The fraction of sp³-hybridized carbons (Fsp3) is 0.850. The number of carbonyl (C=O) groups is 3. The van der Waals surface area contributed by atoms with Crippen LogP contribution in [-0.4, -0.2) is 71.7 Å². The van der Waals surface area contributed by atoms with Gasteiger partial charge in [0, 0.05) is 12.1 Å². The lowest BCUT2D eigenvalue weighted by Crippen LogP contribution is -2.52. The summed E-state index contributed by atoms with van der Waals surface area (Å²) in [7, 11) is -3.13. The van der Waals surface area contributed by atoms with Crippen LogP contribution in [0.1, 0.15) is 64.7 Å². The van der Waals surface area contributed by atoms with E-state index in [-0.39, 0.29) is 41.9 Å². The van der Waals surface area contributed by atoms with E-state index in [1.165, 1.54) is 0 Å². The van der Waals surface area contributed by atoms with E-state index in [1.54, 1.807) is 4.90 Å². The lowest BCUT2D eigenvalue weighted by Gasteiger charge is -2.35. The zero-order chi connectivity index (χ0) is 20.8. The van der Waals surface area contributed by atoms with Crippen LogP contribution < -0.4 is 5.32 Å². The molecule has 1 spiro atoms. The Morgan fingerprint density at radius 1 is 1.10 bits per heavy atom. The molecule has 2 aliphatic heterocycles. The average Bonchev–Trinajstić information content (AvgIpc) is 3.35. The van der Waals surface area contributed by atoms with Crippen molar-refractivity contribution < 1.29 is 22.8 Å². The van der Waals surface area contributed by atoms with Gasteiger partial charge in [-0.05, 0) is 50.9 Å². The summed E-state index contributed by atoms with van der Waals surface area (Å²) in [5.41, 5.74) is -0.862. The Morgan fingerprint density at radius 2 is 1.76 bits per heavy atom. The van der Waals surface area contributed by atoms with Crippen molar-refractivity contribution in [1.29, 1.82) is 0 Å². The second-order valence-corrected chi connectivity index (χ2v) is 11.6. The predicted octanol–water partition coefficient (Wildman–Crippen LogP) is 1.45. The van der Waals surface area contributed by atoms with Crippen LogP contribution in [0.3, 0.4) is 0 Å². The first kappa shape index (κ1) is 20.6. The first-order valence-corrected chi connectivity index (χ1v) is 12.7. The molecule has 0 aromatic heterocycles. The average molecular weight is 426 g/mol. The van der Waals surface area contributed by atoms with Gasteiger partial charge < -0.3 is 10.2 Å². The number of urea groups is 1. The van der Waals surface area contributed by atoms with Gasteiger partial charge in [-0.15, -0.1) is 0 Å². The Labute approximate surface area is 172 Å². The summed E-state index contributed by atoms with van der Waals surface area (Å²) in [5.74, 6) is 0.00979. The normalized spacial score (nSPS) is 34.7. The van der Waals surface area contributed by atoms with Gasteiger partial charge in [0.15, 0.2) is 9.84 Å². The third-order valence-corrected chi connectivity index (χ3v) is 9.03. The molecular formula is C20H31N3O5S. The van der Waals surface area contributed by atoms with Crippen LogP contribution >= 0.6 is 0 Å². The molecule has 2 saturated carbocycles. The Hall–Kier alpha value is -1.64. The Morgan fingerprint density at radius 3 is 2.34 bits per heavy atom. The quantitative estimate of drug-likeness (QED) is 0.687. The highest BCUT2D eigenvalue weighted by molar-refractivity contribution is 7.91. The molecule has 2 heterocycles. The van der Waals surface area contributed by atoms with E-state index < -0.39 is 21.4 Å². The number of amides is 4. The minimum absolute atomic E-state index is 0.00561. The second-order valence-electron chi connectivity index (χ2n) is 9.38.